The molecule has 1 N–H and O–H groups in total. The highest BCUT2D eigenvalue weighted by Gasteiger charge is 2.54. The Morgan fingerprint density at radius 3 is 2.52 bits per heavy atom. The van der Waals surface area contributed by atoms with Crippen molar-refractivity contribution < 1.29 is 33.3 Å². The molecule has 2 heterocycles. The standard InChI is InChI=1S/C37H52N4O7/c1-11-13-14-15-24-19-37(24,9)48-35(44)40-31(36(6,7)8)33(42)41-20-29(23(5)30(41)34(43)46-21-22(3)4)47-32-26(12-2)38-27-17-16-25(45-10)18-28(27)39-32/h11-12,16-18,22-24,29-31H,1-2,13-15,19-21H2,3-10H3,(H,40,44)/t23-,24?,29+,30+,31-,37?/m1/s1. The number of carbonyl (C=O) groups is 3. The van der Waals surface area contributed by atoms with Gasteiger partial charge in [-0.05, 0) is 62.1 Å². The van der Waals surface area contributed by atoms with Crippen LogP contribution in [-0.4, -0.2) is 76.9 Å². The van der Waals surface area contributed by atoms with Gasteiger partial charge < -0.3 is 29.2 Å². The molecule has 2 aromatic rings. The van der Waals surface area contributed by atoms with Crippen LogP contribution in [0.25, 0.3) is 17.1 Å². The van der Waals surface area contributed by atoms with Gasteiger partial charge in [0.05, 0.1) is 31.3 Å². The summed E-state index contributed by atoms with van der Waals surface area (Å²) < 4.78 is 23.3. The van der Waals surface area contributed by atoms with Crippen LogP contribution in [0.4, 0.5) is 4.79 Å². The maximum Gasteiger partial charge on any atom is 0.408 e. The van der Waals surface area contributed by atoms with Crippen molar-refractivity contribution in [3.63, 3.8) is 0 Å². The summed E-state index contributed by atoms with van der Waals surface area (Å²) in [6.07, 6.45) is 5.75. The summed E-state index contributed by atoms with van der Waals surface area (Å²) in [7, 11) is 1.57. The first-order valence-corrected chi connectivity index (χ1v) is 16.8. The molecule has 1 aromatic carbocycles. The predicted molar refractivity (Wildman–Crippen MR) is 184 cm³/mol. The van der Waals surface area contributed by atoms with Crippen molar-refractivity contribution in [2.75, 3.05) is 20.3 Å². The number of alkyl carbamates (subject to hydrolysis) is 1. The van der Waals surface area contributed by atoms with Crippen LogP contribution in [0.2, 0.25) is 0 Å². The van der Waals surface area contributed by atoms with E-state index < -0.39 is 53.1 Å². The molecule has 2 amide bonds. The topological polar surface area (TPSA) is 129 Å². The lowest BCUT2D eigenvalue weighted by Crippen LogP contribution is -2.57. The summed E-state index contributed by atoms with van der Waals surface area (Å²) in [5.41, 5.74) is 0.339. The highest BCUT2D eigenvalue weighted by atomic mass is 16.6. The lowest BCUT2D eigenvalue weighted by atomic mass is 9.85. The minimum Gasteiger partial charge on any atom is -0.497 e. The Morgan fingerprint density at radius 1 is 1.17 bits per heavy atom. The molecule has 1 saturated carbocycles. The number of methoxy groups -OCH3 is 1. The molecule has 11 nitrogen and oxygen atoms in total. The number of esters is 1. The summed E-state index contributed by atoms with van der Waals surface area (Å²) in [4.78, 5) is 52.1. The minimum absolute atomic E-state index is 0.0578. The van der Waals surface area contributed by atoms with E-state index in [0.717, 1.165) is 25.7 Å². The Labute approximate surface area is 284 Å². The predicted octanol–water partition coefficient (Wildman–Crippen LogP) is 6.35. The Bertz CT molecular complexity index is 1520. The molecule has 48 heavy (non-hydrogen) atoms. The lowest BCUT2D eigenvalue weighted by Gasteiger charge is -2.35. The van der Waals surface area contributed by atoms with Crippen LogP contribution in [0.3, 0.4) is 0 Å². The molecule has 2 unspecified atom stereocenters. The largest absolute Gasteiger partial charge is 0.497 e. The zero-order valence-corrected chi connectivity index (χ0v) is 29.7. The first kappa shape index (κ1) is 36.7. The number of benzene rings is 1. The third-order valence-corrected chi connectivity index (χ3v) is 9.22. The molecule has 4 rings (SSSR count). The van der Waals surface area contributed by atoms with Gasteiger partial charge >= 0.3 is 12.1 Å². The number of likely N-dealkylation sites (tertiary alicyclic amines) is 1. The van der Waals surface area contributed by atoms with E-state index in [2.05, 4.69) is 23.5 Å². The number of nitrogens with zero attached hydrogens (tertiary/aromatic N) is 3. The average molecular weight is 665 g/mol. The number of hydrogen-bond acceptors (Lipinski definition) is 9. The summed E-state index contributed by atoms with van der Waals surface area (Å²) in [6, 6.07) is 3.40. The number of carbonyl (C=O) groups excluding carboxylic acids is 3. The van der Waals surface area contributed by atoms with Gasteiger partial charge in [-0.1, -0.05) is 54.2 Å². The first-order valence-electron chi connectivity index (χ1n) is 16.8. The molecule has 262 valence electrons. The van der Waals surface area contributed by atoms with Crippen LogP contribution < -0.4 is 14.8 Å². The van der Waals surface area contributed by atoms with Gasteiger partial charge in [-0.2, -0.15) is 0 Å². The monoisotopic (exact) mass is 664 g/mol. The van der Waals surface area contributed by atoms with Gasteiger partial charge in [-0.25, -0.2) is 19.6 Å². The van der Waals surface area contributed by atoms with E-state index in [1.807, 2.05) is 54.5 Å². The van der Waals surface area contributed by atoms with Crippen LogP contribution in [0.15, 0.2) is 37.4 Å². The Hall–Kier alpha value is -4.15. The molecule has 1 saturated heterocycles. The van der Waals surface area contributed by atoms with Crippen molar-refractivity contribution in [3.05, 3.63) is 43.1 Å². The highest BCUT2D eigenvalue weighted by Crippen LogP contribution is 2.49. The second kappa shape index (κ2) is 15.0. The van der Waals surface area contributed by atoms with Crippen LogP contribution in [-0.2, 0) is 19.1 Å². The van der Waals surface area contributed by atoms with Gasteiger partial charge in [0.1, 0.15) is 35.2 Å². The number of allylic oxidation sites excluding steroid dienone is 1. The van der Waals surface area contributed by atoms with E-state index in [9.17, 15) is 14.4 Å². The Morgan fingerprint density at radius 2 is 1.90 bits per heavy atom. The smallest absolute Gasteiger partial charge is 0.408 e. The van der Waals surface area contributed by atoms with Crippen molar-refractivity contribution in [2.24, 2.45) is 23.2 Å². The van der Waals surface area contributed by atoms with Crippen LogP contribution in [0, 0.1) is 23.2 Å². The molecule has 11 heteroatoms. The fourth-order valence-corrected chi connectivity index (χ4v) is 6.18. The maximum atomic E-state index is 14.4. The second-order valence-electron chi connectivity index (χ2n) is 14.7. The number of nitrogens with one attached hydrogen (secondary N) is 1. The molecule has 0 spiro atoms. The Kier molecular flexibility index (Phi) is 11.4. The number of ether oxygens (including phenoxy) is 4. The number of unbranched alkanes of at least 4 members (excludes halogenated alkanes) is 1. The summed E-state index contributed by atoms with van der Waals surface area (Å²) >= 11 is 0. The van der Waals surface area contributed by atoms with Gasteiger partial charge in [-0.3, -0.25) is 4.79 Å². The average Bonchev–Trinajstić information content (AvgIpc) is 3.54. The summed E-state index contributed by atoms with van der Waals surface area (Å²) in [5.74, 6) is -0.230. The van der Waals surface area contributed by atoms with Crippen LogP contribution >= 0.6 is 0 Å². The molecule has 6 atom stereocenters. The zero-order chi connectivity index (χ0) is 35.4. The quantitative estimate of drug-likeness (QED) is 0.140. The van der Waals surface area contributed by atoms with Gasteiger partial charge in [0.2, 0.25) is 11.8 Å². The molecule has 0 bridgehead atoms. The Balaban J connectivity index is 1.59. The molecule has 1 aliphatic carbocycles. The van der Waals surface area contributed by atoms with E-state index in [-0.39, 0.29) is 30.9 Å². The van der Waals surface area contributed by atoms with Gasteiger partial charge in [-0.15, -0.1) is 6.58 Å². The molecule has 1 aromatic heterocycles. The van der Waals surface area contributed by atoms with Crippen LogP contribution in [0.1, 0.15) is 79.8 Å². The molecule has 2 aliphatic rings. The van der Waals surface area contributed by atoms with Crippen molar-refractivity contribution >= 4 is 35.1 Å². The second-order valence-corrected chi connectivity index (χ2v) is 14.7. The summed E-state index contributed by atoms with van der Waals surface area (Å²) in [6.45, 7) is 21.2. The zero-order valence-electron chi connectivity index (χ0n) is 29.7. The maximum absolute atomic E-state index is 14.4. The molecule has 2 fully saturated rings. The van der Waals surface area contributed by atoms with Crippen molar-refractivity contribution in [1.29, 1.82) is 0 Å². The number of amides is 2. The van der Waals surface area contributed by atoms with E-state index >= 15 is 0 Å². The molecular weight excluding hydrogens is 612 g/mol. The fourth-order valence-electron chi connectivity index (χ4n) is 6.18. The molecular formula is C37H52N4O7. The first-order chi connectivity index (χ1) is 22.6. The lowest BCUT2D eigenvalue weighted by molar-refractivity contribution is -0.156. The van der Waals surface area contributed by atoms with E-state index in [4.69, 9.17) is 23.9 Å². The fraction of sp³-hybridized carbons (Fsp3) is 0.595. The highest BCUT2D eigenvalue weighted by molar-refractivity contribution is 5.91. The van der Waals surface area contributed by atoms with Crippen molar-refractivity contribution in [2.45, 2.75) is 97.9 Å². The molecule has 1 aliphatic heterocycles. The van der Waals surface area contributed by atoms with E-state index in [0.29, 0.717) is 22.5 Å². The third-order valence-electron chi connectivity index (χ3n) is 9.22. The van der Waals surface area contributed by atoms with Crippen molar-refractivity contribution in [3.8, 4) is 11.6 Å². The molecule has 0 radical (unpaired) electrons. The number of hydrogen-bond donors (Lipinski definition) is 1. The van der Waals surface area contributed by atoms with E-state index in [1.54, 1.807) is 31.4 Å². The normalized spacial score (nSPS) is 24.1. The van der Waals surface area contributed by atoms with Gasteiger partial charge in [0, 0.05) is 17.9 Å². The SMILES string of the molecule is C=CCCCC1CC1(C)OC(=O)N[C@H](C(=O)N1C[C@H](Oc2nc3cc(OC)ccc3nc2C=C)[C@@H](C)[C@H]1C(=O)OCC(C)C)C(C)(C)C. The summed E-state index contributed by atoms with van der Waals surface area (Å²) in [5, 5.41) is 2.85. The van der Waals surface area contributed by atoms with Crippen molar-refractivity contribution in [1.82, 2.24) is 20.2 Å². The minimum atomic E-state index is -0.991. The third kappa shape index (κ3) is 8.46. The van der Waals surface area contributed by atoms with Gasteiger partial charge in [0.25, 0.3) is 0 Å². The van der Waals surface area contributed by atoms with E-state index in [1.165, 1.54) is 4.90 Å². The number of rotatable bonds is 14. The number of fused-ring (bicyclic) bond motifs is 1. The number of aromatic nitrogens is 2. The van der Waals surface area contributed by atoms with Gasteiger partial charge in [0.15, 0.2) is 0 Å². The van der Waals surface area contributed by atoms with Crippen LogP contribution in [0.5, 0.6) is 11.6 Å².